The van der Waals surface area contributed by atoms with Crippen molar-refractivity contribution < 1.29 is 17.2 Å². The second-order valence-corrected chi connectivity index (χ2v) is 8.51. The molecule has 0 unspecified atom stereocenters. The summed E-state index contributed by atoms with van der Waals surface area (Å²) in [6.45, 7) is 0. The summed E-state index contributed by atoms with van der Waals surface area (Å²) in [6, 6.07) is 11.8. The summed E-state index contributed by atoms with van der Waals surface area (Å²) >= 11 is 0. The van der Waals surface area contributed by atoms with Gasteiger partial charge >= 0.3 is 0 Å². The fourth-order valence-electron chi connectivity index (χ4n) is 3.50. The molecule has 0 bridgehead atoms. The summed E-state index contributed by atoms with van der Waals surface area (Å²) in [5.41, 5.74) is 0.649. The normalized spacial score (nSPS) is 15.1. The number of anilines is 1. The minimum Gasteiger partial charge on any atom is -0.277 e. The van der Waals surface area contributed by atoms with Crippen molar-refractivity contribution in [1.82, 2.24) is 9.78 Å². The second-order valence-electron chi connectivity index (χ2n) is 6.86. The smallest absolute Gasteiger partial charge is 0.265 e. The van der Waals surface area contributed by atoms with E-state index in [9.17, 15) is 17.2 Å². The highest BCUT2D eigenvalue weighted by atomic mass is 32.2. The van der Waals surface area contributed by atoms with Crippen molar-refractivity contribution in [2.75, 3.05) is 4.72 Å². The molecule has 1 aromatic heterocycles. The summed E-state index contributed by atoms with van der Waals surface area (Å²) in [5, 5.41) is 4.55. The predicted molar refractivity (Wildman–Crippen MR) is 102 cm³/mol. The molecule has 4 rings (SSSR count). The molecule has 0 saturated heterocycles. The standard InChI is InChI=1S/C20H19F2N3O2S/c21-15-10-11-18(17(22)12-15)24-28(26,27)19-13-25(16-8-4-5-9-16)23-20(19)14-6-2-1-3-7-14/h1-3,6-7,10-13,16,24H,4-5,8-9H2. The van der Waals surface area contributed by atoms with Crippen LogP contribution in [0.25, 0.3) is 11.3 Å². The number of hydrogen-bond donors (Lipinski definition) is 1. The van der Waals surface area contributed by atoms with Crippen molar-refractivity contribution in [3.63, 3.8) is 0 Å². The number of aromatic nitrogens is 2. The molecule has 1 saturated carbocycles. The number of halogens is 2. The van der Waals surface area contributed by atoms with Crippen LogP contribution in [0.2, 0.25) is 0 Å². The Hall–Kier alpha value is -2.74. The molecule has 1 N–H and O–H groups in total. The van der Waals surface area contributed by atoms with Gasteiger partial charge in [0.15, 0.2) is 0 Å². The monoisotopic (exact) mass is 403 g/mol. The van der Waals surface area contributed by atoms with E-state index < -0.39 is 21.7 Å². The zero-order valence-electron chi connectivity index (χ0n) is 15.0. The second kappa shape index (κ2) is 7.35. The fraction of sp³-hybridized carbons (Fsp3) is 0.250. The van der Waals surface area contributed by atoms with Gasteiger partial charge in [0.25, 0.3) is 10.0 Å². The lowest BCUT2D eigenvalue weighted by molar-refractivity contribution is 0.467. The summed E-state index contributed by atoms with van der Waals surface area (Å²) in [4.78, 5) is -0.0330. The van der Waals surface area contributed by atoms with E-state index in [4.69, 9.17) is 0 Å². The third-order valence-electron chi connectivity index (χ3n) is 4.91. The maximum absolute atomic E-state index is 14.0. The number of sulfonamides is 1. The van der Waals surface area contributed by atoms with E-state index in [2.05, 4.69) is 9.82 Å². The molecule has 1 fully saturated rings. The third kappa shape index (κ3) is 3.64. The van der Waals surface area contributed by atoms with Crippen molar-refractivity contribution >= 4 is 15.7 Å². The van der Waals surface area contributed by atoms with Crippen LogP contribution >= 0.6 is 0 Å². The molecule has 2 aromatic carbocycles. The van der Waals surface area contributed by atoms with Gasteiger partial charge in [-0.05, 0) is 25.0 Å². The highest BCUT2D eigenvalue weighted by Crippen LogP contribution is 2.34. The largest absolute Gasteiger partial charge is 0.277 e. The van der Waals surface area contributed by atoms with E-state index in [1.807, 2.05) is 6.07 Å². The van der Waals surface area contributed by atoms with Crippen LogP contribution < -0.4 is 4.72 Å². The van der Waals surface area contributed by atoms with Gasteiger partial charge in [-0.15, -0.1) is 0 Å². The number of rotatable bonds is 5. The number of nitrogens with zero attached hydrogens (tertiary/aromatic N) is 2. The van der Waals surface area contributed by atoms with Crippen LogP contribution in [-0.2, 0) is 10.0 Å². The van der Waals surface area contributed by atoms with Gasteiger partial charge in [-0.1, -0.05) is 43.2 Å². The molecular formula is C20H19F2N3O2S. The molecule has 0 amide bonds. The molecule has 28 heavy (non-hydrogen) atoms. The van der Waals surface area contributed by atoms with Crippen molar-refractivity contribution in [3.05, 3.63) is 66.4 Å². The summed E-state index contributed by atoms with van der Waals surface area (Å²) in [7, 11) is -4.13. The SMILES string of the molecule is O=S(=O)(Nc1ccc(F)cc1F)c1cn(C2CCCC2)nc1-c1ccccc1. The van der Waals surface area contributed by atoms with E-state index in [0.29, 0.717) is 17.3 Å². The van der Waals surface area contributed by atoms with Crippen LogP contribution in [0.1, 0.15) is 31.7 Å². The van der Waals surface area contributed by atoms with E-state index in [1.165, 1.54) is 6.20 Å². The lowest BCUT2D eigenvalue weighted by atomic mass is 10.2. The molecule has 1 heterocycles. The van der Waals surface area contributed by atoms with Gasteiger partial charge < -0.3 is 0 Å². The first-order valence-corrected chi connectivity index (χ1v) is 10.5. The Labute approximate surface area is 162 Å². The lowest BCUT2D eigenvalue weighted by Gasteiger charge is -2.09. The van der Waals surface area contributed by atoms with E-state index in [1.54, 1.807) is 28.9 Å². The molecule has 0 aliphatic heterocycles. The Kier molecular flexibility index (Phi) is 4.89. The Morgan fingerprint density at radius 1 is 1.04 bits per heavy atom. The Morgan fingerprint density at radius 2 is 1.75 bits per heavy atom. The van der Waals surface area contributed by atoms with Gasteiger partial charge in [0, 0.05) is 17.8 Å². The zero-order chi connectivity index (χ0) is 19.7. The zero-order valence-corrected chi connectivity index (χ0v) is 15.8. The Bertz CT molecular complexity index is 1090. The van der Waals surface area contributed by atoms with Gasteiger partial charge in [-0.3, -0.25) is 9.40 Å². The molecule has 8 heteroatoms. The molecule has 1 aliphatic rings. The Morgan fingerprint density at radius 3 is 2.43 bits per heavy atom. The van der Waals surface area contributed by atoms with Gasteiger partial charge in [-0.2, -0.15) is 5.10 Å². The van der Waals surface area contributed by atoms with E-state index in [0.717, 1.165) is 37.8 Å². The van der Waals surface area contributed by atoms with Gasteiger partial charge in [0.1, 0.15) is 22.2 Å². The summed E-state index contributed by atoms with van der Waals surface area (Å²) < 4.78 is 57.1. The molecule has 0 radical (unpaired) electrons. The van der Waals surface area contributed by atoms with Crippen LogP contribution in [0.15, 0.2) is 59.6 Å². The lowest BCUT2D eigenvalue weighted by Crippen LogP contribution is -2.14. The van der Waals surface area contributed by atoms with Crippen LogP contribution in [0.3, 0.4) is 0 Å². The number of nitrogens with one attached hydrogen (secondary N) is 1. The molecule has 0 atom stereocenters. The number of benzene rings is 2. The van der Waals surface area contributed by atoms with E-state index >= 15 is 0 Å². The first-order valence-electron chi connectivity index (χ1n) is 9.06. The van der Waals surface area contributed by atoms with Crippen LogP contribution in [-0.4, -0.2) is 18.2 Å². The van der Waals surface area contributed by atoms with Crippen molar-refractivity contribution in [2.24, 2.45) is 0 Å². The maximum Gasteiger partial charge on any atom is 0.265 e. The maximum atomic E-state index is 14.0. The first kappa shape index (κ1) is 18.6. The highest BCUT2D eigenvalue weighted by Gasteiger charge is 2.27. The summed E-state index contributed by atoms with van der Waals surface area (Å²) in [5.74, 6) is -1.76. The molecular weight excluding hydrogens is 384 g/mol. The molecule has 5 nitrogen and oxygen atoms in total. The molecule has 146 valence electrons. The topological polar surface area (TPSA) is 64.0 Å². The van der Waals surface area contributed by atoms with Crippen molar-refractivity contribution in [3.8, 4) is 11.3 Å². The van der Waals surface area contributed by atoms with Crippen LogP contribution in [0.4, 0.5) is 14.5 Å². The minimum absolute atomic E-state index is 0.0330. The van der Waals surface area contributed by atoms with E-state index in [-0.39, 0.29) is 16.6 Å². The Balaban J connectivity index is 1.78. The minimum atomic E-state index is -4.13. The van der Waals surface area contributed by atoms with Gasteiger partial charge in [0.2, 0.25) is 0 Å². The van der Waals surface area contributed by atoms with Gasteiger partial charge in [0.05, 0.1) is 11.7 Å². The first-order chi connectivity index (χ1) is 13.4. The average Bonchev–Trinajstić information content (AvgIpc) is 3.34. The van der Waals surface area contributed by atoms with Crippen molar-refractivity contribution in [2.45, 2.75) is 36.6 Å². The quantitative estimate of drug-likeness (QED) is 0.669. The fourth-order valence-corrected chi connectivity index (χ4v) is 4.72. The van der Waals surface area contributed by atoms with Crippen LogP contribution in [0.5, 0.6) is 0 Å². The van der Waals surface area contributed by atoms with Gasteiger partial charge in [-0.25, -0.2) is 17.2 Å². The molecule has 3 aromatic rings. The molecule has 1 aliphatic carbocycles. The predicted octanol–water partition coefficient (Wildman–Crippen LogP) is 4.74. The average molecular weight is 403 g/mol. The summed E-state index contributed by atoms with van der Waals surface area (Å²) in [6.07, 6.45) is 5.53. The number of hydrogen-bond acceptors (Lipinski definition) is 3. The van der Waals surface area contributed by atoms with Crippen LogP contribution in [0, 0.1) is 11.6 Å². The highest BCUT2D eigenvalue weighted by molar-refractivity contribution is 7.92. The third-order valence-corrected chi connectivity index (χ3v) is 6.28. The van der Waals surface area contributed by atoms with Crippen molar-refractivity contribution in [1.29, 1.82) is 0 Å². The molecule has 0 spiro atoms.